The summed E-state index contributed by atoms with van der Waals surface area (Å²) >= 11 is 0. The van der Waals surface area contributed by atoms with Gasteiger partial charge in [-0.1, -0.05) is 72.0 Å². The van der Waals surface area contributed by atoms with E-state index in [-0.39, 0.29) is 18.3 Å². The van der Waals surface area contributed by atoms with Crippen molar-refractivity contribution in [3.8, 4) is 5.75 Å². The summed E-state index contributed by atoms with van der Waals surface area (Å²) in [7, 11) is -0.457. The fourth-order valence-corrected chi connectivity index (χ4v) is 6.30. The molecule has 29 heavy (non-hydrogen) atoms. The molecule has 3 rings (SSSR count). The number of rotatable bonds is 6. The summed E-state index contributed by atoms with van der Waals surface area (Å²) in [6.07, 6.45) is 3.07. The van der Waals surface area contributed by atoms with Crippen LogP contribution in [0.1, 0.15) is 33.3 Å². The quantitative estimate of drug-likeness (QED) is 0.605. The van der Waals surface area contributed by atoms with Crippen molar-refractivity contribution < 1.29 is 14.0 Å². The standard InChI is InChI=1S/C24H33BO3Si/c1-23(2)24(3,4)28-25(27-23)18-22(17-19-12-11-13-20(16-19)26-5)29(6,7)21-14-9-8-10-15-21/h8-17H,18H2,1-7H3/b22-17-. The van der Waals surface area contributed by atoms with Gasteiger partial charge in [-0.3, -0.25) is 0 Å². The normalized spacial score (nSPS) is 18.7. The van der Waals surface area contributed by atoms with Crippen LogP contribution in [0.15, 0.2) is 59.8 Å². The maximum absolute atomic E-state index is 6.34. The summed E-state index contributed by atoms with van der Waals surface area (Å²) in [6.45, 7) is 13.2. The van der Waals surface area contributed by atoms with E-state index in [9.17, 15) is 0 Å². The fraction of sp³-hybridized carbons (Fsp3) is 0.417. The lowest BCUT2D eigenvalue weighted by molar-refractivity contribution is 0.00578. The summed E-state index contributed by atoms with van der Waals surface area (Å²) < 4.78 is 18.1. The van der Waals surface area contributed by atoms with Gasteiger partial charge in [-0.2, -0.15) is 0 Å². The van der Waals surface area contributed by atoms with Gasteiger partial charge in [-0.05, 0) is 45.4 Å². The van der Waals surface area contributed by atoms with Crippen molar-refractivity contribution in [1.82, 2.24) is 0 Å². The average Bonchev–Trinajstić information content (AvgIpc) is 2.88. The predicted octanol–water partition coefficient (Wildman–Crippen LogP) is 5.33. The Balaban J connectivity index is 1.99. The monoisotopic (exact) mass is 408 g/mol. The number of ether oxygens (including phenoxy) is 1. The molecule has 0 N–H and O–H groups in total. The molecule has 1 fully saturated rings. The lowest BCUT2D eigenvalue weighted by atomic mass is 9.84. The lowest BCUT2D eigenvalue weighted by Gasteiger charge is -2.32. The third-order valence-corrected chi connectivity index (χ3v) is 10.2. The van der Waals surface area contributed by atoms with Crippen LogP contribution < -0.4 is 9.92 Å². The third-order valence-electron chi connectivity index (χ3n) is 6.42. The number of benzene rings is 2. The van der Waals surface area contributed by atoms with Gasteiger partial charge in [0.2, 0.25) is 0 Å². The van der Waals surface area contributed by atoms with Crippen molar-refractivity contribution >= 4 is 26.5 Å². The van der Waals surface area contributed by atoms with Crippen molar-refractivity contribution in [2.24, 2.45) is 0 Å². The Bertz CT molecular complexity index is 859. The Labute approximate surface area is 177 Å². The largest absolute Gasteiger partial charge is 0.497 e. The Morgan fingerprint density at radius 2 is 1.59 bits per heavy atom. The smallest absolute Gasteiger partial charge is 0.461 e. The summed E-state index contributed by atoms with van der Waals surface area (Å²) in [5, 5.41) is 2.81. The van der Waals surface area contributed by atoms with Crippen molar-refractivity contribution in [3.05, 3.63) is 65.4 Å². The SMILES string of the molecule is COc1cccc(/C=C(/CB2OC(C)(C)C(C)(C)O2)[Si](C)(C)c2ccccc2)c1. The van der Waals surface area contributed by atoms with E-state index < -0.39 is 8.07 Å². The van der Waals surface area contributed by atoms with E-state index in [1.54, 1.807) is 7.11 Å². The first kappa shape index (κ1) is 21.9. The highest BCUT2D eigenvalue weighted by molar-refractivity contribution is 6.96. The first-order valence-corrected chi connectivity index (χ1v) is 13.3. The Morgan fingerprint density at radius 1 is 0.966 bits per heavy atom. The lowest BCUT2D eigenvalue weighted by Crippen LogP contribution is -2.45. The minimum Gasteiger partial charge on any atom is -0.497 e. The molecule has 0 atom stereocenters. The van der Waals surface area contributed by atoms with Crippen LogP contribution in [0.4, 0.5) is 0 Å². The van der Waals surface area contributed by atoms with Gasteiger partial charge < -0.3 is 14.0 Å². The molecule has 2 aromatic rings. The van der Waals surface area contributed by atoms with Crippen LogP contribution in [0.2, 0.25) is 19.4 Å². The van der Waals surface area contributed by atoms with Gasteiger partial charge in [0.1, 0.15) is 13.8 Å². The minimum atomic E-state index is -1.92. The van der Waals surface area contributed by atoms with E-state index in [1.165, 1.54) is 10.4 Å². The van der Waals surface area contributed by atoms with E-state index in [4.69, 9.17) is 14.0 Å². The van der Waals surface area contributed by atoms with Crippen LogP contribution >= 0.6 is 0 Å². The zero-order chi connectivity index (χ0) is 21.3. The van der Waals surface area contributed by atoms with Gasteiger partial charge >= 0.3 is 7.12 Å². The topological polar surface area (TPSA) is 27.7 Å². The second-order valence-electron chi connectivity index (χ2n) is 9.33. The number of methoxy groups -OCH3 is 1. The summed E-state index contributed by atoms with van der Waals surface area (Å²) in [4.78, 5) is 0. The minimum absolute atomic E-state index is 0.243. The molecule has 0 unspecified atom stereocenters. The van der Waals surface area contributed by atoms with Crippen LogP contribution in [-0.4, -0.2) is 33.5 Å². The predicted molar refractivity (Wildman–Crippen MR) is 125 cm³/mol. The molecule has 1 aliphatic heterocycles. The molecule has 0 spiro atoms. The van der Waals surface area contributed by atoms with Gasteiger partial charge in [0, 0.05) is 6.32 Å². The second-order valence-corrected chi connectivity index (χ2v) is 13.8. The summed E-state index contributed by atoms with van der Waals surface area (Å²) in [5.41, 5.74) is 0.501. The fourth-order valence-electron chi connectivity index (χ4n) is 3.70. The molecule has 0 aromatic heterocycles. The molecule has 0 bridgehead atoms. The summed E-state index contributed by atoms with van der Waals surface area (Å²) in [6, 6.07) is 19.0. The maximum Gasteiger partial charge on any atom is 0.461 e. The highest BCUT2D eigenvalue weighted by Gasteiger charge is 2.51. The number of hydrogen-bond donors (Lipinski definition) is 0. The van der Waals surface area contributed by atoms with E-state index >= 15 is 0 Å². The highest BCUT2D eigenvalue weighted by atomic mass is 28.3. The molecule has 0 amide bonds. The van der Waals surface area contributed by atoms with Crippen LogP contribution in [0.3, 0.4) is 0 Å². The van der Waals surface area contributed by atoms with Crippen LogP contribution in [0.5, 0.6) is 5.75 Å². The molecule has 1 saturated heterocycles. The van der Waals surface area contributed by atoms with Gasteiger partial charge in [-0.15, -0.1) is 0 Å². The van der Waals surface area contributed by atoms with Gasteiger partial charge in [0.25, 0.3) is 0 Å². The van der Waals surface area contributed by atoms with Gasteiger partial charge in [0.05, 0.1) is 18.3 Å². The van der Waals surface area contributed by atoms with Crippen LogP contribution in [0, 0.1) is 0 Å². The van der Waals surface area contributed by atoms with Crippen molar-refractivity contribution in [3.63, 3.8) is 0 Å². The van der Waals surface area contributed by atoms with E-state index in [1.807, 2.05) is 12.1 Å². The van der Waals surface area contributed by atoms with E-state index in [2.05, 4.69) is 89.3 Å². The zero-order valence-corrected chi connectivity index (χ0v) is 19.8. The zero-order valence-electron chi connectivity index (χ0n) is 18.8. The van der Waals surface area contributed by atoms with E-state index in [0.717, 1.165) is 17.6 Å². The molecule has 0 radical (unpaired) electrons. The van der Waals surface area contributed by atoms with Crippen LogP contribution in [-0.2, 0) is 9.31 Å². The molecule has 0 aliphatic carbocycles. The second kappa shape index (κ2) is 8.13. The third kappa shape index (κ3) is 4.68. The number of allylic oxidation sites excluding steroid dienone is 1. The first-order chi connectivity index (χ1) is 13.5. The Hall–Kier alpha value is -1.82. The van der Waals surface area contributed by atoms with Crippen molar-refractivity contribution in [1.29, 1.82) is 0 Å². The number of hydrogen-bond acceptors (Lipinski definition) is 3. The molecule has 3 nitrogen and oxygen atoms in total. The first-order valence-electron chi connectivity index (χ1n) is 10.3. The molecule has 1 heterocycles. The molecule has 2 aromatic carbocycles. The van der Waals surface area contributed by atoms with E-state index in [0.29, 0.717) is 0 Å². The molecule has 154 valence electrons. The Kier molecular flexibility index (Phi) is 6.14. The van der Waals surface area contributed by atoms with Gasteiger partial charge in [0.15, 0.2) is 0 Å². The van der Waals surface area contributed by atoms with Gasteiger partial charge in [-0.25, -0.2) is 0 Å². The maximum atomic E-state index is 6.34. The summed E-state index contributed by atoms with van der Waals surface area (Å²) in [5.74, 6) is 0.868. The molecule has 5 heteroatoms. The molecular formula is C24H33BO3Si. The van der Waals surface area contributed by atoms with Crippen molar-refractivity contribution in [2.45, 2.75) is 58.3 Å². The molecular weight excluding hydrogens is 375 g/mol. The molecule has 1 aliphatic rings. The average molecular weight is 408 g/mol. The van der Waals surface area contributed by atoms with Crippen LogP contribution in [0.25, 0.3) is 6.08 Å². The van der Waals surface area contributed by atoms with Crippen molar-refractivity contribution in [2.75, 3.05) is 7.11 Å². The molecule has 0 saturated carbocycles. The highest BCUT2D eigenvalue weighted by Crippen LogP contribution is 2.39. The Morgan fingerprint density at radius 3 is 2.17 bits per heavy atom.